The SMILES string of the molecule is O=C(NOCCO)c1cn(C2CC2)c(=O)c(F)c1Nc1ccc(Br)cc1F. The Labute approximate surface area is 161 Å². The van der Waals surface area contributed by atoms with Crippen molar-refractivity contribution >= 4 is 33.2 Å². The van der Waals surface area contributed by atoms with E-state index in [4.69, 9.17) is 9.94 Å². The lowest BCUT2D eigenvalue weighted by Gasteiger charge is -2.16. The molecule has 144 valence electrons. The van der Waals surface area contributed by atoms with Crippen LogP contribution in [-0.2, 0) is 4.84 Å². The second kappa shape index (κ2) is 8.15. The van der Waals surface area contributed by atoms with Crippen LogP contribution < -0.4 is 16.4 Å². The second-order valence-corrected chi connectivity index (χ2v) is 6.84. The summed E-state index contributed by atoms with van der Waals surface area (Å²) < 4.78 is 30.5. The van der Waals surface area contributed by atoms with Crippen LogP contribution in [-0.4, -0.2) is 28.8 Å². The van der Waals surface area contributed by atoms with Crippen molar-refractivity contribution in [3.63, 3.8) is 0 Å². The van der Waals surface area contributed by atoms with Gasteiger partial charge in [0.05, 0.1) is 30.2 Å². The number of carbonyl (C=O) groups is 1. The van der Waals surface area contributed by atoms with Crippen LogP contribution in [0, 0.1) is 11.6 Å². The van der Waals surface area contributed by atoms with Gasteiger partial charge in [-0.1, -0.05) is 15.9 Å². The molecule has 0 unspecified atom stereocenters. The van der Waals surface area contributed by atoms with E-state index < -0.39 is 28.8 Å². The van der Waals surface area contributed by atoms with Crippen molar-refractivity contribution in [2.24, 2.45) is 0 Å². The van der Waals surface area contributed by atoms with Crippen molar-refractivity contribution in [2.45, 2.75) is 18.9 Å². The van der Waals surface area contributed by atoms with E-state index in [1.165, 1.54) is 18.3 Å². The summed E-state index contributed by atoms with van der Waals surface area (Å²) in [7, 11) is 0. The lowest BCUT2D eigenvalue weighted by atomic mass is 10.2. The lowest BCUT2D eigenvalue weighted by molar-refractivity contribution is 0.0168. The molecular formula is C17H16BrF2N3O4. The van der Waals surface area contributed by atoms with Gasteiger partial charge >= 0.3 is 0 Å². The molecule has 3 N–H and O–H groups in total. The predicted octanol–water partition coefficient (Wildman–Crippen LogP) is 2.62. The van der Waals surface area contributed by atoms with Crippen molar-refractivity contribution < 1.29 is 23.5 Å². The van der Waals surface area contributed by atoms with Crippen molar-refractivity contribution in [2.75, 3.05) is 18.5 Å². The Kier molecular flexibility index (Phi) is 5.88. The van der Waals surface area contributed by atoms with Gasteiger partial charge in [-0.05, 0) is 31.0 Å². The van der Waals surface area contributed by atoms with Crippen molar-refractivity contribution in [3.8, 4) is 0 Å². The minimum atomic E-state index is -1.20. The molecule has 1 aliphatic rings. The number of aromatic nitrogens is 1. The maximum atomic E-state index is 14.8. The number of anilines is 2. The van der Waals surface area contributed by atoms with Gasteiger partial charge in [0.2, 0.25) is 5.82 Å². The number of nitrogens with zero attached hydrogens (tertiary/aromatic N) is 1. The van der Waals surface area contributed by atoms with Crippen LogP contribution in [0.3, 0.4) is 0 Å². The maximum Gasteiger partial charge on any atom is 0.289 e. The van der Waals surface area contributed by atoms with Crippen molar-refractivity contribution in [1.82, 2.24) is 10.0 Å². The van der Waals surface area contributed by atoms with Gasteiger partial charge in [0.25, 0.3) is 11.5 Å². The van der Waals surface area contributed by atoms with Crippen LogP contribution in [0.2, 0.25) is 0 Å². The summed E-state index contributed by atoms with van der Waals surface area (Å²) in [5.74, 6) is -2.73. The number of rotatable bonds is 7. The summed E-state index contributed by atoms with van der Waals surface area (Å²) in [5.41, 5.74) is 0.379. The van der Waals surface area contributed by atoms with Crippen LogP contribution in [0.4, 0.5) is 20.2 Å². The molecule has 1 saturated carbocycles. The number of halogens is 3. The Morgan fingerprint density at radius 1 is 1.37 bits per heavy atom. The van der Waals surface area contributed by atoms with Crippen molar-refractivity contribution in [1.29, 1.82) is 0 Å². The zero-order valence-corrected chi connectivity index (χ0v) is 15.6. The molecule has 0 saturated heterocycles. The minimum Gasteiger partial charge on any atom is -0.394 e. The monoisotopic (exact) mass is 443 g/mol. The van der Waals surface area contributed by atoms with E-state index in [0.717, 1.165) is 10.6 Å². The fraction of sp³-hybridized carbons (Fsp3) is 0.294. The molecule has 27 heavy (non-hydrogen) atoms. The first-order valence-electron chi connectivity index (χ1n) is 8.12. The third kappa shape index (κ3) is 4.34. The van der Waals surface area contributed by atoms with Crippen LogP contribution in [0.5, 0.6) is 0 Å². The largest absolute Gasteiger partial charge is 0.394 e. The van der Waals surface area contributed by atoms with E-state index in [9.17, 15) is 18.4 Å². The molecule has 2 aromatic rings. The molecule has 1 fully saturated rings. The number of aliphatic hydroxyl groups excluding tert-OH is 1. The standard InChI is InChI=1S/C17H16BrF2N3O4/c18-9-1-4-13(12(19)7-9)21-15-11(16(25)22-27-6-5-24)8-23(10-2-3-10)17(26)14(15)20/h1,4,7-8,10,21,24H,2-3,5-6H2,(H,22,25). The number of nitrogens with one attached hydrogen (secondary N) is 2. The number of aliphatic hydroxyl groups is 1. The number of amides is 1. The molecule has 10 heteroatoms. The minimum absolute atomic E-state index is 0.106. The Morgan fingerprint density at radius 2 is 2.11 bits per heavy atom. The summed E-state index contributed by atoms with van der Waals surface area (Å²) in [5, 5.41) is 11.2. The highest BCUT2D eigenvalue weighted by atomic mass is 79.9. The average molecular weight is 444 g/mol. The zero-order valence-electron chi connectivity index (χ0n) is 14.0. The Hall–Kier alpha value is -2.30. The average Bonchev–Trinajstić information content (AvgIpc) is 3.46. The van der Waals surface area contributed by atoms with Crippen LogP contribution in [0.1, 0.15) is 29.2 Å². The summed E-state index contributed by atoms with van der Waals surface area (Å²) in [6.45, 7) is -0.494. The van der Waals surface area contributed by atoms with Gasteiger partial charge in [-0.3, -0.25) is 14.4 Å². The van der Waals surface area contributed by atoms with Crippen LogP contribution in [0.15, 0.2) is 33.7 Å². The van der Waals surface area contributed by atoms with Gasteiger partial charge < -0.3 is 15.0 Å². The first kappa shape index (κ1) is 19.5. The summed E-state index contributed by atoms with van der Waals surface area (Å²) in [6.07, 6.45) is 2.63. The van der Waals surface area contributed by atoms with E-state index in [1.54, 1.807) is 0 Å². The number of benzene rings is 1. The highest BCUT2D eigenvalue weighted by Crippen LogP contribution is 2.35. The zero-order chi connectivity index (χ0) is 19.6. The topological polar surface area (TPSA) is 92.6 Å². The van der Waals surface area contributed by atoms with Gasteiger partial charge in [0.15, 0.2) is 0 Å². The summed E-state index contributed by atoms with van der Waals surface area (Å²) >= 11 is 3.12. The molecule has 0 aliphatic heterocycles. The molecular weight excluding hydrogens is 428 g/mol. The fourth-order valence-corrected chi connectivity index (χ4v) is 2.79. The second-order valence-electron chi connectivity index (χ2n) is 5.93. The molecule has 0 radical (unpaired) electrons. The predicted molar refractivity (Wildman–Crippen MR) is 96.8 cm³/mol. The number of hydrogen-bond acceptors (Lipinski definition) is 5. The number of pyridine rings is 1. The normalized spacial score (nSPS) is 13.5. The summed E-state index contributed by atoms with van der Waals surface area (Å²) in [6, 6.07) is 3.86. The van der Waals surface area contributed by atoms with E-state index in [2.05, 4.69) is 26.7 Å². The first-order valence-corrected chi connectivity index (χ1v) is 8.91. The quantitative estimate of drug-likeness (QED) is 0.451. The third-order valence-electron chi connectivity index (χ3n) is 3.91. The lowest BCUT2D eigenvalue weighted by Crippen LogP contribution is -2.31. The van der Waals surface area contributed by atoms with E-state index >= 15 is 0 Å². The van der Waals surface area contributed by atoms with Gasteiger partial charge in [0, 0.05) is 16.7 Å². The molecule has 7 nitrogen and oxygen atoms in total. The third-order valence-corrected chi connectivity index (χ3v) is 4.41. The highest BCUT2D eigenvalue weighted by molar-refractivity contribution is 9.10. The number of hydrogen-bond donors (Lipinski definition) is 3. The van der Waals surface area contributed by atoms with Gasteiger partial charge in [-0.15, -0.1) is 0 Å². The fourth-order valence-electron chi connectivity index (χ4n) is 2.46. The number of hydroxylamine groups is 1. The smallest absolute Gasteiger partial charge is 0.289 e. The summed E-state index contributed by atoms with van der Waals surface area (Å²) in [4.78, 5) is 29.4. The highest BCUT2D eigenvalue weighted by Gasteiger charge is 2.29. The Bertz CT molecular complexity index is 931. The molecule has 1 heterocycles. The molecule has 1 aromatic carbocycles. The van der Waals surface area contributed by atoms with Gasteiger partial charge in [-0.2, -0.15) is 4.39 Å². The molecule has 1 aromatic heterocycles. The van der Waals surface area contributed by atoms with Crippen molar-refractivity contribution in [3.05, 3.63) is 56.4 Å². The van der Waals surface area contributed by atoms with E-state index in [1.807, 2.05) is 0 Å². The van der Waals surface area contributed by atoms with Crippen LogP contribution >= 0.6 is 15.9 Å². The van der Waals surface area contributed by atoms with Gasteiger partial charge in [-0.25, -0.2) is 9.87 Å². The number of carbonyl (C=O) groups excluding carboxylic acids is 1. The van der Waals surface area contributed by atoms with E-state index in [0.29, 0.717) is 17.3 Å². The van der Waals surface area contributed by atoms with Gasteiger partial charge in [0.1, 0.15) is 5.82 Å². The molecule has 0 atom stereocenters. The van der Waals surface area contributed by atoms with E-state index in [-0.39, 0.29) is 30.5 Å². The molecule has 3 rings (SSSR count). The molecule has 0 bridgehead atoms. The van der Waals surface area contributed by atoms with Crippen LogP contribution in [0.25, 0.3) is 0 Å². The molecule has 0 spiro atoms. The molecule has 1 aliphatic carbocycles. The Balaban J connectivity index is 2.03. The molecule has 1 amide bonds. The maximum absolute atomic E-state index is 14.8. The Morgan fingerprint density at radius 3 is 2.74 bits per heavy atom. The first-order chi connectivity index (χ1) is 12.9.